The van der Waals surface area contributed by atoms with Crippen molar-refractivity contribution in [3.63, 3.8) is 0 Å². The maximum Gasteiger partial charge on any atom is 0.262 e. The fraction of sp³-hybridized carbons (Fsp3) is 0.130. The van der Waals surface area contributed by atoms with Crippen molar-refractivity contribution in [2.45, 2.75) is 19.0 Å². The van der Waals surface area contributed by atoms with Gasteiger partial charge in [-0.2, -0.15) is 0 Å². The number of nitrogens with one attached hydrogen (secondary N) is 3. The number of hydrogen-bond donors (Lipinski definition) is 3. The largest absolute Gasteiger partial charge is 0.361 e. The second-order valence-corrected chi connectivity index (χ2v) is 8.23. The SMILES string of the molecule is O=C(NC(Cc1c[nH]c2ccccc12)C(=O)NCc1ccccc1Cl)c1cccs1. The van der Waals surface area contributed by atoms with Crippen molar-refractivity contribution >= 4 is 45.7 Å². The second kappa shape index (κ2) is 9.15. The lowest BCUT2D eigenvalue weighted by atomic mass is 10.0. The molecule has 152 valence electrons. The van der Waals surface area contributed by atoms with Gasteiger partial charge in [0.25, 0.3) is 5.91 Å². The van der Waals surface area contributed by atoms with Crippen LogP contribution in [0.25, 0.3) is 10.9 Å². The first kappa shape index (κ1) is 20.2. The third-order valence-electron chi connectivity index (χ3n) is 4.88. The third kappa shape index (κ3) is 4.56. The Kier molecular flexibility index (Phi) is 6.16. The predicted octanol–water partition coefficient (Wildman–Crippen LogP) is 4.54. The molecule has 2 amide bonds. The van der Waals surface area contributed by atoms with Gasteiger partial charge in [0.15, 0.2) is 0 Å². The number of amides is 2. The molecule has 3 N–H and O–H groups in total. The lowest BCUT2D eigenvalue weighted by molar-refractivity contribution is -0.123. The molecule has 1 atom stereocenters. The summed E-state index contributed by atoms with van der Waals surface area (Å²) < 4.78 is 0. The molecule has 7 heteroatoms. The van der Waals surface area contributed by atoms with Gasteiger partial charge in [-0.25, -0.2) is 0 Å². The van der Waals surface area contributed by atoms with Crippen molar-refractivity contribution in [1.29, 1.82) is 0 Å². The first-order valence-electron chi connectivity index (χ1n) is 9.52. The Balaban J connectivity index is 1.53. The highest BCUT2D eigenvalue weighted by molar-refractivity contribution is 7.12. The number of hydrogen-bond acceptors (Lipinski definition) is 3. The molecule has 0 aliphatic rings. The molecule has 2 aromatic heterocycles. The number of benzene rings is 2. The average molecular weight is 438 g/mol. The van der Waals surface area contributed by atoms with Gasteiger partial charge in [-0.1, -0.05) is 54.1 Å². The van der Waals surface area contributed by atoms with E-state index in [1.807, 2.05) is 60.1 Å². The number of carbonyl (C=O) groups excluding carboxylic acids is 2. The van der Waals surface area contributed by atoms with Gasteiger partial charge in [0.05, 0.1) is 4.88 Å². The maximum absolute atomic E-state index is 13.0. The van der Waals surface area contributed by atoms with E-state index >= 15 is 0 Å². The number of para-hydroxylation sites is 1. The van der Waals surface area contributed by atoms with Crippen molar-refractivity contribution in [3.05, 3.63) is 93.3 Å². The van der Waals surface area contributed by atoms with E-state index < -0.39 is 6.04 Å². The molecule has 0 radical (unpaired) electrons. The lowest BCUT2D eigenvalue weighted by Crippen LogP contribution is -2.47. The summed E-state index contributed by atoms with van der Waals surface area (Å²) in [6, 6.07) is 18.1. The standard InChI is InChI=1S/C23H20ClN3O2S/c24-18-8-3-1-6-15(18)13-26-22(28)20(27-23(29)21-10-5-11-30-21)12-16-14-25-19-9-4-2-7-17(16)19/h1-11,14,20,25H,12-13H2,(H,26,28)(H,27,29). The summed E-state index contributed by atoms with van der Waals surface area (Å²) in [5, 5.41) is 9.25. The number of thiophene rings is 1. The summed E-state index contributed by atoms with van der Waals surface area (Å²) in [5.41, 5.74) is 2.78. The zero-order chi connectivity index (χ0) is 20.9. The predicted molar refractivity (Wildman–Crippen MR) is 121 cm³/mol. The molecule has 2 aromatic carbocycles. The van der Waals surface area contributed by atoms with Crippen molar-refractivity contribution < 1.29 is 9.59 Å². The van der Waals surface area contributed by atoms with Crippen LogP contribution in [0.4, 0.5) is 0 Å². The van der Waals surface area contributed by atoms with Crippen LogP contribution in [0.1, 0.15) is 20.8 Å². The smallest absolute Gasteiger partial charge is 0.262 e. The summed E-state index contributed by atoms with van der Waals surface area (Å²) in [6.45, 7) is 0.289. The van der Waals surface area contributed by atoms with E-state index in [9.17, 15) is 9.59 Å². The molecule has 5 nitrogen and oxygen atoms in total. The van der Waals surface area contributed by atoms with Crippen LogP contribution in [0.15, 0.2) is 72.2 Å². The number of carbonyl (C=O) groups is 2. The Morgan fingerprint density at radius 2 is 1.80 bits per heavy atom. The van der Waals surface area contributed by atoms with Crippen molar-refractivity contribution in [1.82, 2.24) is 15.6 Å². The van der Waals surface area contributed by atoms with Crippen LogP contribution < -0.4 is 10.6 Å². The maximum atomic E-state index is 13.0. The highest BCUT2D eigenvalue weighted by Gasteiger charge is 2.23. The van der Waals surface area contributed by atoms with Gasteiger partial charge >= 0.3 is 0 Å². The molecule has 0 fully saturated rings. The molecule has 2 heterocycles. The molecule has 0 saturated heterocycles. The van der Waals surface area contributed by atoms with Gasteiger partial charge < -0.3 is 15.6 Å². The minimum Gasteiger partial charge on any atom is -0.361 e. The molecule has 0 saturated carbocycles. The zero-order valence-corrected chi connectivity index (χ0v) is 17.6. The quantitative estimate of drug-likeness (QED) is 0.397. The number of H-pyrrole nitrogens is 1. The average Bonchev–Trinajstić information content (AvgIpc) is 3.43. The van der Waals surface area contributed by atoms with Crippen LogP contribution in [0.5, 0.6) is 0 Å². The summed E-state index contributed by atoms with van der Waals surface area (Å²) in [7, 11) is 0. The first-order valence-corrected chi connectivity index (χ1v) is 10.8. The highest BCUT2D eigenvalue weighted by atomic mass is 35.5. The Hall–Kier alpha value is -3.09. The van der Waals surface area contributed by atoms with E-state index in [4.69, 9.17) is 11.6 Å². The molecule has 4 rings (SSSR count). The molecular formula is C23H20ClN3O2S. The minimum absolute atomic E-state index is 0.259. The Morgan fingerprint density at radius 3 is 2.60 bits per heavy atom. The zero-order valence-electron chi connectivity index (χ0n) is 16.0. The van der Waals surface area contributed by atoms with Gasteiger partial charge in [0.2, 0.25) is 5.91 Å². The van der Waals surface area contributed by atoms with E-state index in [0.29, 0.717) is 16.3 Å². The second-order valence-electron chi connectivity index (χ2n) is 6.88. The lowest BCUT2D eigenvalue weighted by Gasteiger charge is -2.18. The van der Waals surface area contributed by atoms with E-state index in [1.165, 1.54) is 11.3 Å². The number of rotatable bonds is 7. The van der Waals surface area contributed by atoms with Crippen LogP contribution in [0, 0.1) is 0 Å². The van der Waals surface area contributed by atoms with Crippen LogP contribution >= 0.6 is 22.9 Å². The molecule has 0 spiro atoms. The van der Waals surface area contributed by atoms with Crippen molar-refractivity contribution in [2.75, 3.05) is 0 Å². The Labute approximate surface area is 183 Å². The summed E-state index contributed by atoms with van der Waals surface area (Å²) in [6.07, 6.45) is 2.26. The monoisotopic (exact) mass is 437 g/mol. The van der Waals surface area contributed by atoms with E-state index in [-0.39, 0.29) is 18.4 Å². The Bertz CT molecular complexity index is 1170. The number of fused-ring (bicyclic) bond motifs is 1. The van der Waals surface area contributed by atoms with Crippen LogP contribution in [0.2, 0.25) is 5.02 Å². The normalized spacial score (nSPS) is 11.9. The summed E-state index contributed by atoms with van der Waals surface area (Å²) >= 11 is 7.54. The van der Waals surface area contributed by atoms with Crippen LogP contribution in [0.3, 0.4) is 0 Å². The fourth-order valence-corrected chi connectivity index (χ4v) is 4.14. The van der Waals surface area contributed by atoms with Gasteiger partial charge in [-0.15, -0.1) is 11.3 Å². The van der Waals surface area contributed by atoms with E-state index in [0.717, 1.165) is 22.0 Å². The molecule has 30 heavy (non-hydrogen) atoms. The van der Waals surface area contributed by atoms with Crippen molar-refractivity contribution in [2.24, 2.45) is 0 Å². The Morgan fingerprint density at radius 1 is 1.00 bits per heavy atom. The first-order chi connectivity index (χ1) is 14.6. The van der Waals surface area contributed by atoms with Gasteiger partial charge in [-0.3, -0.25) is 9.59 Å². The van der Waals surface area contributed by atoms with E-state index in [1.54, 1.807) is 12.1 Å². The van der Waals surface area contributed by atoms with Gasteiger partial charge in [0, 0.05) is 35.1 Å². The van der Waals surface area contributed by atoms with Crippen LogP contribution in [-0.4, -0.2) is 22.8 Å². The molecular weight excluding hydrogens is 418 g/mol. The topological polar surface area (TPSA) is 74.0 Å². The minimum atomic E-state index is -0.721. The van der Waals surface area contributed by atoms with Gasteiger partial charge in [0.1, 0.15) is 6.04 Å². The van der Waals surface area contributed by atoms with Crippen LogP contribution in [-0.2, 0) is 17.8 Å². The summed E-state index contributed by atoms with van der Waals surface area (Å²) in [5.74, 6) is -0.521. The number of aromatic nitrogens is 1. The molecule has 0 bridgehead atoms. The molecule has 0 aliphatic carbocycles. The van der Waals surface area contributed by atoms with Crippen molar-refractivity contribution in [3.8, 4) is 0 Å². The molecule has 0 aliphatic heterocycles. The fourth-order valence-electron chi connectivity index (χ4n) is 3.31. The third-order valence-corrected chi connectivity index (χ3v) is 6.11. The van der Waals surface area contributed by atoms with Gasteiger partial charge in [-0.05, 0) is 34.7 Å². The number of aromatic amines is 1. The summed E-state index contributed by atoms with van der Waals surface area (Å²) in [4.78, 5) is 29.4. The molecule has 1 unspecified atom stereocenters. The number of halogens is 1. The van der Waals surface area contributed by atoms with E-state index in [2.05, 4.69) is 15.6 Å². The molecule has 4 aromatic rings. The highest BCUT2D eigenvalue weighted by Crippen LogP contribution is 2.20.